The minimum Gasteiger partial charge on any atom is -0.291 e. The maximum atomic E-state index is 12.8. The molecule has 1 heterocycles. The maximum Gasteiger partial charge on any atom is 0.198 e. The zero-order valence-electron chi connectivity index (χ0n) is 5.84. The van der Waals surface area contributed by atoms with Crippen molar-refractivity contribution in [2.75, 3.05) is 0 Å². The first-order valence-electron chi connectivity index (χ1n) is 3.53. The van der Waals surface area contributed by atoms with Gasteiger partial charge in [-0.2, -0.15) is 0 Å². The number of carbonyl (C=O) groups is 1. The van der Waals surface area contributed by atoms with Crippen molar-refractivity contribution >= 4 is 17.1 Å². The summed E-state index contributed by atoms with van der Waals surface area (Å²) in [6, 6.07) is 1.72. The van der Waals surface area contributed by atoms with Gasteiger partial charge >= 0.3 is 0 Å². The number of aryl methyl sites for hydroxylation is 1. The summed E-state index contributed by atoms with van der Waals surface area (Å²) in [5.74, 6) is -0.326. The van der Waals surface area contributed by atoms with Gasteiger partial charge in [0.1, 0.15) is 0 Å². The molecular formula is C8H7FOS. The lowest BCUT2D eigenvalue weighted by Gasteiger charge is -2.12. The highest BCUT2D eigenvalue weighted by Crippen LogP contribution is 2.27. The van der Waals surface area contributed by atoms with Gasteiger partial charge in [0.25, 0.3) is 0 Å². The molecule has 0 radical (unpaired) electrons. The monoisotopic (exact) mass is 170 g/mol. The van der Waals surface area contributed by atoms with Crippen LogP contribution in [0.25, 0.3) is 0 Å². The largest absolute Gasteiger partial charge is 0.291 e. The number of hydrogen-bond donors (Lipinski definition) is 0. The van der Waals surface area contributed by atoms with E-state index in [0.717, 1.165) is 11.3 Å². The molecule has 1 aliphatic carbocycles. The average molecular weight is 170 g/mol. The molecule has 0 fully saturated rings. The number of hydrogen-bond acceptors (Lipinski definition) is 2. The Balaban J connectivity index is 2.46. The van der Waals surface area contributed by atoms with E-state index in [2.05, 4.69) is 0 Å². The summed E-state index contributed by atoms with van der Waals surface area (Å²) >= 11 is 1.54. The van der Waals surface area contributed by atoms with E-state index in [4.69, 9.17) is 0 Å². The van der Waals surface area contributed by atoms with Gasteiger partial charge in [0.05, 0.1) is 0 Å². The molecule has 1 aromatic heterocycles. The van der Waals surface area contributed by atoms with Crippen molar-refractivity contribution in [3.05, 3.63) is 21.9 Å². The van der Waals surface area contributed by atoms with E-state index in [9.17, 15) is 9.18 Å². The SMILES string of the molecule is O=C1c2ccsc2CCC1F. The number of fused-ring (bicyclic) bond motifs is 1. The smallest absolute Gasteiger partial charge is 0.198 e. The Labute approximate surface area is 67.9 Å². The van der Waals surface area contributed by atoms with E-state index >= 15 is 0 Å². The number of ketones is 1. The molecule has 3 heteroatoms. The second-order valence-corrected chi connectivity index (χ2v) is 3.63. The van der Waals surface area contributed by atoms with Gasteiger partial charge in [-0.05, 0) is 24.3 Å². The van der Waals surface area contributed by atoms with Crippen LogP contribution in [0.15, 0.2) is 11.4 Å². The summed E-state index contributed by atoms with van der Waals surface area (Å²) < 4.78 is 12.8. The van der Waals surface area contributed by atoms with Crippen LogP contribution in [0.3, 0.4) is 0 Å². The van der Waals surface area contributed by atoms with Gasteiger partial charge in [0.15, 0.2) is 12.0 Å². The molecule has 0 aromatic carbocycles. The molecule has 1 unspecified atom stereocenters. The van der Waals surface area contributed by atoms with Crippen LogP contribution in [-0.2, 0) is 6.42 Å². The second kappa shape index (κ2) is 2.41. The molecule has 0 saturated carbocycles. The normalized spacial score (nSPS) is 23.4. The first kappa shape index (κ1) is 6.98. The molecule has 0 bridgehead atoms. The summed E-state index contributed by atoms with van der Waals surface area (Å²) in [7, 11) is 0. The van der Waals surface area contributed by atoms with Gasteiger partial charge in [0, 0.05) is 10.4 Å². The quantitative estimate of drug-likeness (QED) is 0.583. The topological polar surface area (TPSA) is 17.1 Å². The van der Waals surface area contributed by atoms with Crippen LogP contribution in [0.5, 0.6) is 0 Å². The van der Waals surface area contributed by atoms with Gasteiger partial charge in [-0.15, -0.1) is 11.3 Å². The van der Waals surface area contributed by atoms with Crippen molar-refractivity contribution in [1.82, 2.24) is 0 Å². The van der Waals surface area contributed by atoms with Gasteiger partial charge in [-0.1, -0.05) is 0 Å². The predicted octanol–water partition coefficient (Wildman–Crippen LogP) is 2.22. The highest BCUT2D eigenvalue weighted by atomic mass is 32.1. The van der Waals surface area contributed by atoms with Crippen LogP contribution in [0.4, 0.5) is 4.39 Å². The van der Waals surface area contributed by atoms with E-state index in [1.165, 1.54) is 0 Å². The maximum absolute atomic E-state index is 12.8. The standard InChI is InChI=1S/C8H7FOS/c9-6-1-2-7-5(8(6)10)3-4-11-7/h3-4,6H,1-2H2. The Hall–Kier alpha value is -0.700. The Kier molecular flexibility index (Phi) is 1.53. The predicted molar refractivity (Wildman–Crippen MR) is 41.9 cm³/mol. The minimum atomic E-state index is -1.25. The minimum absolute atomic E-state index is 0.326. The van der Waals surface area contributed by atoms with Crippen LogP contribution in [0.1, 0.15) is 21.7 Å². The molecule has 1 aromatic rings. The van der Waals surface area contributed by atoms with Gasteiger partial charge in [-0.3, -0.25) is 4.79 Å². The summed E-state index contributed by atoms with van der Waals surface area (Å²) in [6.07, 6.45) is -0.163. The highest BCUT2D eigenvalue weighted by Gasteiger charge is 2.27. The third kappa shape index (κ3) is 0.997. The number of thiophene rings is 1. The van der Waals surface area contributed by atoms with Crippen molar-refractivity contribution in [2.24, 2.45) is 0 Å². The Bertz CT molecular complexity index is 292. The molecule has 0 saturated heterocycles. The summed E-state index contributed by atoms with van der Waals surface area (Å²) in [5.41, 5.74) is 0.605. The van der Waals surface area contributed by atoms with E-state index in [-0.39, 0.29) is 5.78 Å². The number of halogens is 1. The third-order valence-electron chi connectivity index (χ3n) is 1.92. The molecule has 11 heavy (non-hydrogen) atoms. The molecule has 1 atom stereocenters. The lowest BCUT2D eigenvalue weighted by Crippen LogP contribution is -2.21. The zero-order valence-corrected chi connectivity index (χ0v) is 6.66. The molecule has 0 amide bonds. The molecule has 0 aliphatic heterocycles. The van der Waals surface area contributed by atoms with E-state index in [0.29, 0.717) is 12.0 Å². The summed E-state index contributed by atoms with van der Waals surface area (Å²) in [4.78, 5) is 12.2. The number of rotatable bonds is 0. The van der Waals surface area contributed by atoms with Crippen LogP contribution >= 0.6 is 11.3 Å². The van der Waals surface area contributed by atoms with Crippen molar-refractivity contribution in [3.63, 3.8) is 0 Å². The highest BCUT2D eigenvalue weighted by molar-refractivity contribution is 7.10. The summed E-state index contributed by atoms with van der Waals surface area (Å²) in [6.45, 7) is 0. The van der Waals surface area contributed by atoms with E-state index in [1.807, 2.05) is 5.38 Å². The summed E-state index contributed by atoms with van der Waals surface area (Å²) in [5, 5.41) is 1.85. The van der Waals surface area contributed by atoms with Crippen LogP contribution < -0.4 is 0 Å². The fourth-order valence-electron chi connectivity index (χ4n) is 1.31. The molecular weight excluding hydrogens is 163 g/mol. The van der Waals surface area contributed by atoms with Crippen molar-refractivity contribution in [2.45, 2.75) is 19.0 Å². The molecule has 2 rings (SSSR count). The van der Waals surface area contributed by atoms with Crippen LogP contribution in [0.2, 0.25) is 0 Å². The lowest BCUT2D eigenvalue weighted by molar-refractivity contribution is 0.0858. The molecule has 0 N–H and O–H groups in total. The second-order valence-electron chi connectivity index (χ2n) is 2.63. The Morgan fingerprint density at radius 3 is 3.27 bits per heavy atom. The number of alkyl halides is 1. The molecule has 1 nitrogen and oxygen atoms in total. The van der Waals surface area contributed by atoms with Crippen LogP contribution in [-0.4, -0.2) is 12.0 Å². The lowest BCUT2D eigenvalue weighted by atomic mass is 9.96. The molecule has 1 aliphatic rings. The number of carbonyl (C=O) groups excluding carboxylic acids is 1. The average Bonchev–Trinajstić information content (AvgIpc) is 2.45. The van der Waals surface area contributed by atoms with E-state index in [1.54, 1.807) is 17.4 Å². The first-order valence-corrected chi connectivity index (χ1v) is 4.41. The molecule has 0 spiro atoms. The molecule has 58 valence electrons. The van der Waals surface area contributed by atoms with Gasteiger partial charge in [0.2, 0.25) is 0 Å². The van der Waals surface area contributed by atoms with E-state index < -0.39 is 6.17 Å². The first-order chi connectivity index (χ1) is 5.29. The third-order valence-corrected chi connectivity index (χ3v) is 2.90. The fraction of sp³-hybridized carbons (Fsp3) is 0.375. The Morgan fingerprint density at radius 2 is 2.45 bits per heavy atom. The van der Waals surface area contributed by atoms with Crippen molar-refractivity contribution in [1.29, 1.82) is 0 Å². The van der Waals surface area contributed by atoms with Crippen molar-refractivity contribution < 1.29 is 9.18 Å². The van der Waals surface area contributed by atoms with Gasteiger partial charge in [-0.25, -0.2) is 4.39 Å². The Morgan fingerprint density at radius 1 is 1.64 bits per heavy atom. The van der Waals surface area contributed by atoms with Gasteiger partial charge < -0.3 is 0 Å². The number of Topliss-reactive ketones (excluding diaryl/α,β-unsaturated/α-hetero) is 1. The van der Waals surface area contributed by atoms with Crippen molar-refractivity contribution in [3.8, 4) is 0 Å². The zero-order chi connectivity index (χ0) is 7.84. The van der Waals surface area contributed by atoms with Crippen LogP contribution in [0, 0.1) is 0 Å². The fourth-order valence-corrected chi connectivity index (χ4v) is 2.21.